The molecule has 1 heterocycles. The molecular weight excluding hydrogens is 235 g/mol. The lowest BCUT2D eigenvalue weighted by molar-refractivity contribution is 0.509. The molecule has 80 valence electrons. The summed E-state index contributed by atoms with van der Waals surface area (Å²) >= 11 is 5.99. The molecule has 3 nitrogen and oxygen atoms in total. The first-order chi connectivity index (χ1) is 6.81. The molecule has 1 aromatic heterocycles. The molecule has 0 aliphatic carbocycles. The Morgan fingerprint density at radius 2 is 2.07 bits per heavy atom. The average Bonchev–Trinajstić information content (AvgIpc) is 2.67. The molecule has 0 bridgehead atoms. The van der Waals surface area contributed by atoms with E-state index in [1.807, 2.05) is 24.3 Å². The van der Waals surface area contributed by atoms with Crippen LogP contribution in [0, 0.1) is 0 Å². The monoisotopic (exact) mass is 244 g/mol. The SMILES string of the molecule is Cl.NCc1ncc(-c2ccccc2Cl)o1. The van der Waals surface area contributed by atoms with Crippen molar-refractivity contribution in [1.82, 2.24) is 4.98 Å². The van der Waals surface area contributed by atoms with Crippen molar-refractivity contribution in [3.05, 3.63) is 41.4 Å². The van der Waals surface area contributed by atoms with Crippen LogP contribution in [0.15, 0.2) is 34.9 Å². The highest BCUT2D eigenvalue weighted by molar-refractivity contribution is 6.33. The van der Waals surface area contributed by atoms with Crippen LogP contribution in [0.25, 0.3) is 11.3 Å². The Morgan fingerprint density at radius 3 is 2.67 bits per heavy atom. The van der Waals surface area contributed by atoms with Crippen molar-refractivity contribution >= 4 is 24.0 Å². The van der Waals surface area contributed by atoms with Crippen LogP contribution in [0.2, 0.25) is 5.02 Å². The van der Waals surface area contributed by atoms with Gasteiger partial charge in [0.15, 0.2) is 5.76 Å². The van der Waals surface area contributed by atoms with Crippen LogP contribution in [0.5, 0.6) is 0 Å². The van der Waals surface area contributed by atoms with Gasteiger partial charge in [-0.25, -0.2) is 4.98 Å². The Hall–Kier alpha value is -1.03. The van der Waals surface area contributed by atoms with Gasteiger partial charge in [-0.3, -0.25) is 0 Å². The molecule has 5 heteroatoms. The Bertz CT molecular complexity index is 442. The number of nitrogens with zero attached hydrogens (tertiary/aromatic N) is 1. The summed E-state index contributed by atoms with van der Waals surface area (Å²) in [7, 11) is 0. The molecule has 0 fully saturated rings. The third kappa shape index (κ3) is 2.50. The Kier molecular flexibility index (Phi) is 4.15. The summed E-state index contributed by atoms with van der Waals surface area (Å²) in [5.41, 5.74) is 6.22. The van der Waals surface area contributed by atoms with Gasteiger partial charge in [0.25, 0.3) is 0 Å². The van der Waals surface area contributed by atoms with E-state index in [0.717, 1.165) is 5.56 Å². The highest BCUT2D eigenvalue weighted by Gasteiger charge is 2.07. The fourth-order valence-electron chi connectivity index (χ4n) is 1.19. The maximum Gasteiger partial charge on any atom is 0.208 e. The van der Waals surface area contributed by atoms with Crippen molar-refractivity contribution in [3.63, 3.8) is 0 Å². The minimum Gasteiger partial charge on any atom is -0.439 e. The van der Waals surface area contributed by atoms with Crippen LogP contribution in [-0.4, -0.2) is 4.98 Å². The van der Waals surface area contributed by atoms with E-state index in [-0.39, 0.29) is 12.4 Å². The smallest absolute Gasteiger partial charge is 0.208 e. The summed E-state index contributed by atoms with van der Waals surface area (Å²) < 4.78 is 5.38. The van der Waals surface area contributed by atoms with Gasteiger partial charge in [-0.1, -0.05) is 23.7 Å². The molecule has 15 heavy (non-hydrogen) atoms. The van der Waals surface area contributed by atoms with Gasteiger partial charge in [0.2, 0.25) is 5.89 Å². The lowest BCUT2D eigenvalue weighted by atomic mass is 10.2. The first-order valence-corrected chi connectivity index (χ1v) is 4.58. The van der Waals surface area contributed by atoms with E-state index in [1.165, 1.54) is 0 Å². The maximum atomic E-state index is 5.99. The molecule has 0 atom stereocenters. The van der Waals surface area contributed by atoms with E-state index in [4.69, 9.17) is 21.8 Å². The maximum absolute atomic E-state index is 5.99. The molecule has 0 aliphatic heterocycles. The molecule has 0 aliphatic rings. The molecule has 0 unspecified atom stereocenters. The molecule has 2 rings (SSSR count). The van der Waals surface area contributed by atoms with Crippen LogP contribution in [-0.2, 0) is 6.54 Å². The van der Waals surface area contributed by atoms with E-state index < -0.39 is 0 Å². The first-order valence-electron chi connectivity index (χ1n) is 4.21. The topological polar surface area (TPSA) is 52.0 Å². The van der Waals surface area contributed by atoms with Crippen molar-refractivity contribution < 1.29 is 4.42 Å². The van der Waals surface area contributed by atoms with Crippen LogP contribution < -0.4 is 5.73 Å². The van der Waals surface area contributed by atoms with Gasteiger partial charge >= 0.3 is 0 Å². The van der Waals surface area contributed by atoms with Crippen molar-refractivity contribution in [3.8, 4) is 11.3 Å². The van der Waals surface area contributed by atoms with Crippen molar-refractivity contribution in [2.75, 3.05) is 0 Å². The van der Waals surface area contributed by atoms with E-state index in [2.05, 4.69) is 4.98 Å². The number of halogens is 2. The molecule has 2 N–H and O–H groups in total. The van der Waals surface area contributed by atoms with E-state index in [1.54, 1.807) is 6.20 Å². The van der Waals surface area contributed by atoms with Crippen LogP contribution >= 0.6 is 24.0 Å². The number of oxazole rings is 1. The van der Waals surface area contributed by atoms with Crippen LogP contribution in [0.1, 0.15) is 5.89 Å². The normalized spacial score (nSPS) is 9.73. The van der Waals surface area contributed by atoms with Gasteiger partial charge in [0, 0.05) is 5.56 Å². The van der Waals surface area contributed by atoms with Gasteiger partial charge in [-0.05, 0) is 12.1 Å². The van der Waals surface area contributed by atoms with Crippen LogP contribution in [0.4, 0.5) is 0 Å². The highest BCUT2D eigenvalue weighted by Crippen LogP contribution is 2.27. The summed E-state index contributed by atoms with van der Waals surface area (Å²) in [6.07, 6.45) is 1.63. The second kappa shape index (κ2) is 5.16. The lowest BCUT2D eigenvalue weighted by Crippen LogP contribution is -1.94. The van der Waals surface area contributed by atoms with E-state index in [0.29, 0.717) is 23.2 Å². The van der Waals surface area contributed by atoms with Crippen molar-refractivity contribution in [1.29, 1.82) is 0 Å². The van der Waals surface area contributed by atoms with Gasteiger partial charge in [-0.2, -0.15) is 0 Å². The number of aromatic nitrogens is 1. The minimum absolute atomic E-state index is 0. The zero-order valence-electron chi connectivity index (χ0n) is 7.81. The second-order valence-electron chi connectivity index (χ2n) is 2.80. The van der Waals surface area contributed by atoms with E-state index in [9.17, 15) is 0 Å². The van der Waals surface area contributed by atoms with Gasteiger partial charge < -0.3 is 10.2 Å². The third-order valence-electron chi connectivity index (χ3n) is 1.87. The predicted octanol–water partition coefficient (Wildman–Crippen LogP) is 2.88. The molecule has 2 aromatic rings. The summed E-state index contributed by atoms with van der Waals surface area (Å²) in [6, 6.07) is 7.45. The van der Waals surface area contributed by atoms with Gasteiger partial charge in [0.1, 0.15) is 0 Å². The standard InChI is InChI=1S/C10H9ClN2O.ClH/c11-8-4-2-1-3-7(8)9-6-13-10(5-12)14-9;/h1-4,6H,5,12H2;1H. The average molecular weight is 245 g/mol. The van der Waals surface area contributed by atoms with Gasteiger partial charge in [0.05, 0.1) is 17.8 Å². The Morgan fingerprint density at radius 1 is 1.33 bits per heavy atom. The molecule has 0 spiro atoms. The number of rotatable bonds is 2. The number of hydrogen-bond donors (Lipinski definition) is 1. The fourth-order valence-corrected chi connectivity index (χ4v) is 1.42. The summed E-state index contributed by atoms with van der Waals surface area (Å²) in [5.74, 6) is 1.16. The van der Waals surface area contributed by atoms with E-state index >= 15 is 0 Å². The number of hydrogen-bond acceptors (Lipinski definition) is 3. The fraction of sp³-hybridized carbons (Fsp3) is 0.100. The van der Waals surface area contributed by atoms with Crippen molar-refractivity contribution in [2.45, 2.75) is 6.54 Å². The molecule has 1 aromatic carbocycles. The number of benzene rings is 1. The summed E-state index contributed by atoms with van der Waals surface area (Å²) in [6.45, 7) is 0.296. The first kappa shape index (κ1) is 12.0. The van der Waals surface area contributed by atoms with Crippen molar-refractivity contribution in [2.24, 2.45) is 5.73 Å². The lowest BCUT2D eigenvalue weighted by Gasteiger charge is -1.97. The molecule has 0 saturated carbocycles. The predicted molar refractivity (Wildman–Crippen MR) is 62.1 cm³/mol. The summed E-state index contributed by atoms with van der Waals surface area (Å²) in [4.78, 5) is 4.00. The molecule has 0 amide bonds. The number of nitrogens with two attached hydrogens (primary N) is 1. The summed E-state index contributed by atoms with van der Waals surface area (Å²) in [5, 5.41) is 0.646. The minimum atomic E-state index is 0. The zero-order chi connectivity index (χ0) is 9.97. The highest BCUT2D eigenvalue weighted by atomic mass is 35.5. The Balaban J connectivity index is 0.00000112. The van der Waals surface area contributed by atoms with Gasteiger partial charge in [-0.15, -0.1) is 12.4 Å². The zero-order valence-corrected chi connectivity index (χ0v) is 9.39. The molecular formula is C10H10Cl2N2O. The second-order valence-corrected chi connectivity index (χ2v) is 3.21. The quantitative estimate of drug-likeness (QED) is 0.884. The van der Waals surface area contributed by atoms with Crippen LogP contribution in [0.3, 0.4) is 0 Å². The molecule has 0 saturated heterocycles. The third-order valence-corrected chi connectivity index (χ3v) is 2.20. The molecule has 0 radical (unpaired) electrons. The Labute approximate surface area is 98.7 Å². The largest absolute Gasteiger partial charge is 0.439 e.